The number of hydrogen-bond acceptors (Lipinski definition) is 5. The zero-order chi connectivity index (χ0) is 16.2. The number of benzene rings is 2. The van der Waals surface area contributed by atoms with Crippen LogP contribution in [0.3, 0.4) is 0 Å². The Labute approximate surface area is 131 Å². The number of aromatic hydroxyl groups is 1. The van der Waals surface area contributed by atoms with Crippen LogP contribution in [0.15, 0.2) is 59.7 Å². The maximum Gasteiger partial charge on any atom is 0.269 e. The average molecular weight is 307 g/mol. The molecule has 0 bridgehead atoms. The van der Waals surface area contributed by atoms with Gasteiger partial charge in [0.05, 0.1) is 11.5 Å². The van der Waals surface area contributed by atoms with Crippen LogP contribution in [-0.4, -0.2) is 21.2 Å². The molecular formula is C17H13N3O3. The second kappa shape index (κ2) is 6.23. The van der Waals surface area contributed by atoms with Crippen LogP contribution in [0.2, 0.25) is 0 Å². The van der Waals surface area contributed by atoms with Crippen molar-refractivity contribution in [3.05, 3.63) is 76.0 Å². The molecule has 0 saturated carbocycles. The Hall–Kier alpha value is -3.28. The highest BCUT2D eigenvalue weighted by molar-refractivity contribution is 5.87. The smallest absolute Gasteiger partial charge is 0.269 e. The number of non-ortho nitro benzene ring substituents is 1. The molecule has 6 nitrogen and oxygen atoms in total. The van der Waals surface area contributed by atoms with Crippen molar-refractivity contribution >= 4 is 22.8 Å². The normalized spacial score (nSPS) is 11.1. The van der Waals surface area contributed by atoms with Crippen molar-refractivity contribution in [3.8, 4) is 5.75 Å². The zero-order valence-electron chi connectivity index (χ0n) is 12.1. The Kier molecular flexibility index (Phi) is 3.97. The summed E-state index contributed by atoms with van der Waals surface area (Å²) in [7, 11) is 0. The number of nitro benzene ring substituents is 1. The molecule has 0 unspecified atom stereocenters. The number of aliphatic imine (C=N–C) groups is 1. The van der Waals surface area contributed by atoms with E-state index in [2.05, 4.69) is 9.98 Å². The number of phenolic OH excluding ortho intramolecular Hbond substituents is 1. The van der Waals surface area contributed by atoms with E-state index >= 15 is 0 Å². The molecule has 0 aliphatic heterocycles. The molecule has 6 heteroatoms. The zero-order valence-corrected chi connectivity index (χ0v) is 12.1. The lowest BCUT2D eigenvalue weighted by Crippen LogP contribution is -1.90. The summed E-state index contributed by atoms with van der Waals surface area (Å²) in [6.07, 6.45) is 3.30. The minimum Gasteiger partial charge on any atom is -0.506 e. The molecule has 114 valence electrons. The van der Waals surface area contributed by atoms with Gasteiger partial charge in [-0.15, -0.1) is 0 Å². The summed E-state index contributed by atoms with van der Waals surface area (Å²) in [5.41, 5.74) is 2.34. The van der Waals surface area contributed by atoms with Gasteiger partial charge < -0.3 is 5.11 Å². The SMILES string of the molecule is O=[N+]([O-])c1ccc(C=NCc2ccc(O)c3ncccc23)cc1. The van der Waals surface area contributed by atoms with Crippen molar-refractivity contribution in [1.82, 2.24) is 4.98 Å². The fourth-order valence-corrected chi connectivity index (χ4v) is 2.29. The Balaban J connectivity index is 1.80. The predicted octanol–water partition coefficient (Wildman–Crippen LogP) is 3.47. The molecule has 0 atom stereocenters. The van der Waals surface area contributed by atoms with Gasteiger partial charge >= 0.3 is 0 Å². The molecule has 3 rings (SSSR count). The molecular weight excluding hydrogens is 294 g/mol. The molecule has 0 saturated heterocycles. The van der Waals surface area contributed by atoms with E-state index in [1.54, 1.807) is 30.6 Å². The lowest BCUT2D eigenvalue weighted by atomic mass is 10.1. The Morgan fingerprint density at radius 2 is 1.96 bits per heavy atom. The van der Waals surface area contributed by atoms with Gasteiger partial charge in [0.2, 0.25) is 0 Å². The minimum absolute atomic E-state index is 0.0535. The molecule has 1 aromatic heterocycles. The molecule has 0 aliphatic rings. The molecule has 1 heterocycles. The second-order valence-electron chi connectivity index (χ2n) is 4.96. The Morgan fingerprint density at radius 3 is 2.70 bits per heavy atom. The van der Waals surface area contributed by atoms with Gasteiger partial charge in [-0.1, -0.05) is 12.1 Å². The molecule has 1 N–H and O–H groups in total. The lowest BCUT2D eigenvalue weighted by molar-refractivity contribution is -0.384. The van der Waals surface area contributed by atoms with Gasteiger partial charge in [-0.05, 0) is 35.4 Å². The van der Waals surface area contributed by atoms with E-state index in [0.29, 0.717) is 12.1 Å². The third-order valence-corrected chi connectivity index (χ3v) is 3.44. The minimum atomic E-state index is -0.434. The third kappa shape index (κ3) is 3.16. The maximum absolute atomic E-state index is 10.6. The van der Waals surface area contributed by atoms with Gasteiger partial charge in [-0.3, -0.25) is 20.1 Å². The average Bonchev–Trinajstić information content (AvgIpc) is 2.58. The first kappa shape index (κ1) is 14.6. The van der Waals surface area contributed by atoms with Gasteiger partial charge in [0.25, 0.3) is 5.69 Å². The van der Waals surface area contributed by atoms with Gasteiger partial charge in [-0.2, -0.15) is 0 Å². The Bertz CT molecular complexity index is 889. The molecule has 0 amide bonds. The first-order valence-corrected chi connectivity index (χ1v) is 6.95. The highest BCUT2D eigenvalue weighted by atomic mass is 16.6. The predicted molar refractivity (Wildman–Crippen MR) is 87.8 cm³/mol. The number of nitro groups is 1. The van der Waals surface area contributed by atoms with Crippen molar-refractivity contribution in [1.29, 1.82) is 0 Å². The third-order valence-electron chi connectivity index (χ3n) is 3.44. The summed E-state index contributed by atoms with van der Waals surface area (Å²) < 4.78 is 0. The molecule has 0 fully saturated rings. The largest absolute Gasteiger partial charge is 0.506 e. The highest BCUT2D eigenvalue weighted by Crippen LogP contribution is 2.25. The number of pyridine rings is 1. The number of rotatable bonds is 4. The first-order chi connectivity index (χ1) is 11.1. The number of aromatic nitrogens is 1. The summed E-state index contributed by atoms with van der Waals surface area (Å²) in [6, 6.07) is 13.3. The van der Waals surface area contributed by atoms with Crippen molar-refractivity contribution in [2.75, 3.05) is 0 Å². The molecule has 0 aliphatic carbocycles. The molecule has 3 aromatic rings. The van der Waals surface area contributed by atoms with Crippen LogP contribution in [0.4, 0.5) is 5.69 Å². The Morgan fingerprint density at radius 1 is 1.17 bits per heavy atom. The van der Waals surface area contributed by atoms with E-state index in [4.69, 9.17) is 0 Å². The second-order valence-corrected chi connectivity index (χ2v) is 4.96. The number of nitrogens with zero attached hydrogens (tertiary/aromatic N) is 3. The van der Waals surface area contributed by atoms with Crippen LogP contribution in [-0.2, 0) is 6.54 Å². The van der Waals surface area contributed by atoms with Crippen LogP contribution in [0.25, 0.3) is 10.9 Å². The van der Waals surface area contributed by atoms with Crippen molar-refractivity contribution in [2.45, 2.75) is 6.54 Å². The fourth-order valence-electron chi connectivity index (χ4n) is 2.29. The van der Waals surface area contributed by atoms with Crippen molar-refractivity contribution < 1.29 is 10.0 Å². The quantitative estimate of drug-likeness (QED) is 0.454. The highest BCUT2D eigenvalue weighted by Gasteiger charge is 2.05. The van der Waals surface area contributed by atoms with Gasteiger partial charge in [0, 0.05) is 29.9 Å². The standard InChI is InChI=1S/C17H13N3O3/c21-16-8-5-13(15-2-1-9-19-17(15)16)11-18-10-12-3-6-14(7-4-12)20(22)23/h1-10,21H,11H2. The number of fused-ring (bicyclic) bond motifs is 1. The fraction of sp³-hybridized carbons (Fsp3) is 0.0588. The molecule has 0 radical (unpaired) electrons. The summed E-state index contributed by atoms with van der Waals surface area (Å²) in [5, 5.41) is 21.3. The van der Waals surface area contributed by atoms with Gasteiger partial charge in [0.15, 0.2) is 0 Å². The topological polar surface area (TPSA) is 88.6 Å². The van der Waals surface area contributed by atoms with Gasteiger partial charge in [-0.25, -0.2) is 0 Å². The van der Waals surface area contributed by atoms with Crippen LogP contribution in [0, 0.1) is 10.1 Å². The van der Waals surface area contributed by atoms with Crippen molar-refractivity contribution in [3.63, 3.8) is 0 Å². The lowest BCUT2D eigenvalue weighted by Gasteiger charge is -2.05. The molecule has 2 aromatic carbocycles. The molecule has 0 spiro atoms. The van der Waals surface area contributed by atoms with Crippen LogP contribution in [0.1, 0.15) is 11.1 Å². The van der Waals surface area contributed by atoms with Crippen molar-refractivity contribution in [2.24, 2.45) is 4.99 Å². The monoisotopic (exact) mass is 307 g/mol. The van der Waals surface area contributed by atoms with E-state index < -0.39 is 4.92 Å². The van der Waals surface area contributed by atoms with Crippen LogP contribution < -0.4 is 0 Å². The molecule has 23 heavy (non-hydrogen) atoms. The summed E-state index contributed by atoms with van der Waals surface area (Å²) in [6.45, 7) is 0.430. The van der Waals surface area contributed by atoms with E-state index in [9.17, 15) is 15.2 Å². The number of phenols is 1. The first-order valence-electron chi connectivity index (χ1n) is 6.95. The van der Waals surface area contributed by atoms with Crippen LogP contribution in [0.5, 0.6) is 5.75 Å². The van der Waals surface area contributed by atoms with E-state index in [0.717, 1.165) is 16.5 Å². The summed E-state index contributed by atoms with van der Waals surface area (Å²) in [5.74, 6) is 0.142. The van der Waals surface area contributed by atoms with E-state index in [1.165, 1.54) is 12.1 Å². The van der Waals surface area contributed by atoms with Gasteiger partial charge in [0.1, 0.15) is 11.3 Å². The van der Waals surface area contributed by atoms with E-state index in [1.807, 2.05) is 18.2 Å². The summed E-state index contributed by atoms with van der Waals surface area (Å²) in [4.78, 5) is 18.7. The van der Waals surface area contributed by atoms with Crippen LogP contribution >= 0.6 is 0 Å². The number of hydrogen-bond donors (Lipinski definition) is 1. The van der Waals surface area contributed by atoms with E-state index in [-0.39, 0.29) is 11.4 Å². The summed E-state index contributed by atoms with van der Waals surface area (Å²) >= 11 is 0. The maximum atomic E-state index is 10.6.